The van der Waals surface area contributed by atoms with Crippen molar-refractivity contribution < 1.29 is 18.9 Å². The van der Waals surface area contributed by atoms with E-state index in [1.54, 1.807) is 0 Å². The number of rotatable bonds is 1. The molecule has 0 bridgehead atoms. The molecular formula is C8H12LiN. The number of benzene rings is 1. The van der Waals surface area contributed by atoms with Gasteiger partial charge in [0.15, 0.2) is 0 Å². The number of hydrogen-bond donors (Lipinski definition) is 1. The summed E-state index contributed by atoms with van der Waals surface area (Å²) < 4.78 is 0. The summed E-state index contributed by atoms with van der Waals surface area (Å²) in [6, 6.07) is 10.1. The zero-order valence-corrected chi connectivity index (χ0v) is 6.89. The second kappa shape index (κ2) is 6.73. The third-order valence-electron chi connectivity index (χ3n) is 1.06. The van der Waals surface area contributed by atoms with E-state index in [-0.39, 0.29) is 26.3 Å². The average molecular weight is 129 g/mol. The van der Waals surface area contributed by atoms with Crippen molar-refractivity contribution in [1.82, 2.24) is 0 Å². The van der Waals surface area contributed by atoms with Crippen molar-refractivity contribution in [2.24, 2.45) is 0 Å². The van der Waals surface area contributed by atoms with E-state index in [1.807, 2.05) is 37.4 Å². The Morgan fingerprint density at radius 2 is 1.60 bits per heavy atom. The standard InChI is InChI=1S/C7H9N.CH3.Li/c1-8-7-5-3-2-4-6-7;;/h2-6,8H,1H3;1H3;/q;-1;+1. The molecule has 0 aliphatic carbocycles. The minimum atomic E-state index is 0. The molecule has 0 heterocycles. The van der Waals surface area contributed by atoms with Gasteiger partial charge in [0, 0.05) is 12.7 Å². The molecule has 0 saturated carbocycles. The van der Waals surface area contributed by atoms with Crippen LogP contribution in [0.3, 0.4) is 0 Å². The van der Waals surface area contributed by atoms with Crippen LogP contribution in [0.2, 0.25) is 0 Å². The molecule has 0 spiro atoms. The molecular weight excluding hydrogens is 117 g/mol. The largest absolute Gasteiger partial charge is 1.00 e. The first-order valence-corrected chi connectivity index (χ1v) is 2.66. The van der Waals surface area contributed by atoms with E-state index in [1.165, 1.54) is 0 Å². The monoisotopic (exact) mass is 129 g/mol. The predicted molar refractivity (Wildman–Crippen MR) is 42.4 cm³/mol. The Labute approximate surface area is 75.0 Å². The average Bonchev–Trinajstić information content (AvgIpc) is 1.90. The Kier molecular flexibility index (Phi) is 8.29. The zero-order valence-electron chi connectivity index (χ0n) is 6.89. The minimum Gasteiger partial charge on any atom is -0.388 e. The van der Waals surface area contributed by atoms with Crippen LogP contribution in [-0.4, -0.2) is 7.05 Å². The molecule has 0 unspecified atom stereocenters. The SMILES string of the molecule is CNc1ccccc1.[CH3-].[Li+]. The first kappa shape index (κ1) is 12.3. The van der Waals surface area contributed by atoms with Crippen molar-refractivity contribution in [2.75, 3.05) is 12.4 Å². The molecule has 0 atom stereocenters. The number of hydrogen-bond acceptors (Lipinski definition) is 1. The van der Waals surface area contributed by atoms with Crippen LogP contribution in [0.5, 0.6) is 0 Å². The Morgan fingerprint density at radius 3 is 1.90 bits per heavy atom. The summed E-state index contributed by atoms with van der Waals surface area (Å²) in [5.41, 5.74) is 1.16. The van der Waals surface area contributed by atoms with Gasteiger partial charge < -0.3 is 12.7 Å². The van der Waals surface area contributed by atoms with Gasteiger partial charge in [-0.05, 0) is 12.1 Å². The maximum absolute atomic E-state index is 3.03. The summed E-state index contributed by atoms with van der Waals surface area (Å²) in [5.74, 6) is 0. The number of para-hydroxylation sites is 1. The fourth-order valence-corrected chi connectivity index (χ4v) is 0.605. The molecule has 1 rings (SSSR count). The molecule has 1 aromatic carbocycles. The Bertz CT molecular complexity index is 151. The minimum absolute atomic E-state index is 0. The number of nitrogens with one attached hydrogen (secondary N) is 1. The summed E-state index contributed by atoms with van der Waals surface area (Å²) in [7, 11) is 1.91. The normalized spacial score (nSPS) is 6.90. The van der Waals surface area contributed by atoms with Crippen LogP contribution in [-0.2, 0) is 0 Å². The zero-order chi connectivity index (χ0) is 5.82. The van der Waals surface area contributed by atoms with Crippen LogP contribution in [0.4, 0.5) is 5.69 Å². The van der Waals surface area contributed by atoms with Gasteiger partial charge in [-0.25, -0.2) is 0 Å². The van der Waals surface area contributed by atoms with Crippen LogP contribution in [0.15, 0.2) is 30.3 Å². The maximum Gasteiger partial charge on any atom is 1.00 e. The third kappa shape index (κ3) is 3.61. The molecule has 0 radical (unpaired) electrons. The van der Waals surface area contributed by atoms with Gasteiger partial charge in [-0.2, -0.15) is 0 Å². The van der Waals surface area contributed by atoms with Crippen molar-refractivity contribution in [3.05, 3.63) is 37.8 Å². The molecule has 0 aliphatic heterocycles. The van der Waals surface area contributed by atoms with E-state index in [9.17, 15) is 0 Å². The van der Waals surface area contributed by atoms with E-state index in [4.69, 9.17) is 0 Å². The van der Waals surface area contributed by atoms with Gasteiger partial charge in [-0.15, -0.1) is 0 Å². The van der Waals surface area contributed by atoms with E-state index >= 15 is 0 Å². The Hall–Kier alpha value is -0.383. The first-order chi connectivity index (χ1) is 3.93. The fraction of sp³-hybridized carbons (Fsp3) is 0.125. The second-order valence-corrected chi connectivity index (χ2v) is 1.62. The van der Waals surface area contributed by atoms with Crippen molar-refractivity contribution in [1.29, 1.82) is 0 Å². The molecule has 1 aromatic rings. The van der Waals surface area contributed by atoms with E-state index < -0.39 is 0 Å². The van der Waals surface area contributed by atoms with Crippen LogP contribution in [0.1, 0.15) is 0 Å². The van der Waals surface area contributed by atoms with E-state index in [2.05, 4.69) is 5.32 Å². The molecule has 2 heteroatoms. The first-order valence-electron chi connectivity index (χ1n) is 2.66. The topological polar surface area (TPSA) is 12.0 Å². The Balaban J connectivity index is 0. The molecule has 1 N–H and O–H groups in total. The van der Waals surface area contributed by atoms with E-state index in [0.717, 1.165) is 5.69 Å². The molecule has 1 nitrogen and oxygen atoms in total. The Morgan fingerprint density at radius 1 is 1.10 bits per heavy atom. The fourth-order valence-electron chi connectivity index (χ4n) is 0.605. The van der Waals surface area contributed by atoms with Gasteiger partial charge >= 0.3 is 18.9 Å². The van der Waals surface area contributed by atoms with Gasteiger partial charge in [0.1, 0.15) is 0 Å². The summed E-state index contributed by atoms with van der Waals surface area (Å²) in [6.45, 7) is 0. The van der Waals surface area contributed by atoms with Gasteiger partial charge in [-0.3, -0.25) is 0 Å². The van der Waals surface area contributed by atoms with Gasteiger partial charge in [0.05, 0.1) is 0 Å². The smallest absolute Gasteiger partial charge is 0.388 e. The summed E-state index contributed by atoms with van der Waals surface area (Å²) >= 11 is 0. The summed E-state index contributed by atoms with van der Waals surface area (Å²) in [4.78, 5) is 0. The molecule has 0 amide bonds. The predicted octanol–water partition coefficient (Wildman–Crippen LogP) is -0.817. The number of anilines is 1. The maximum atomic E-state index is 3.03. The van der Waals surface area contributed by atoms with Crippen LogP contribution >= 0.6 is 0 Å². The second-order valence-electron chi connectivity index (χ2n) is 1.62. The van der Waals surface area contributed by atoms with Crippen LogP contribution in [0.25, 0.3) is 0 Å². The molecule has 10 heavy (non-hydrogen) atoms. The molecule has 0 saturated heterocycles. The van der Waals surface area contributed by atoms with Crippen LogP contribution in [0, 0.1) is 7.43 Å². The molecule has 50 valence electrons. The summed E-state index contributed by atoms with van der Waals surface area (Å²) in [6.07, 6.45) is 0. The van der Waals surface area contributed by atoms with Crippen molar-refractivity contribution in [2.45, 2.75) is 0 Å². The summed E-state index contributed by atoms with van der Waals surface area (Å²) in [5, 5.41) is 3.03. The van der Waals surface area contributed by atoms with Gasteiger partial charge in [0.2, 0.25) is 0 Å². The van der Waals surface area contributed by atoms with Crippen molar-refractivity contribution in [3.63, 3.8) is 0 Å². The van der Waals surface area contributed by atoms with Crippen LogP contribution < -0.4 is 24.2 Å². The van der Waals surface area contributed by atoms with Gasteiger partial charge in [0.25, 0.3) is 0 Å². The van der Waals surface area contributed by atoms with E-state index in [0.29, 0.717) is 0 Å². The van der Waals surface area contributed by atoms with Crippen molar-refractivity contribution in [3.8, 4) is 0 Å². The van der Waals surface area contributed by atoms with Gasteiger partial charge in [-0.1, -0.05) is 18.2 Å². The quantitative estimate of drug-likeness (QED) is 0.386. The molecule has 0 fully saturated rings. The molecule has 0 aliphatic rings. The molecule has 0 aromatic heterocycles. The third-order valence-corrected chi connectivity index (χ3v) is 1.06. The van der Waals surface area contributed by atoms with Crippen molar-refractivity contribution >= 4 is 5.69 Å².